The predicted molar refractivity (Wildman–Crippen MR) is 99.4 cm³/mol. The fraction of sp³-hybridized carbons (Fsp3) is 0.550. The Kier molecular flexibility index (Phi) is 4.74. The molecule has 0 bridgehead atoms. The van der Waals surface area contributed by atoms with Crippen LogP contribution in [0.1, 0.15) is 32.6 Å². The van der Waals surface area contributed by atoms with Crippen molar-refractivity contribution in [3.8, 4) is 0 Å². The molecule has 2 aliphatic rings. The first-order valence-electron chi connectivity index (χ1n) is 9.56. The van der Waals surface area contributed by atoms with E-state index in [1.165, 1.54) is 18.8 Å². The van der Waals surface area contributed by atoms with Gasteiger partial charge in [-0.25, -0.2) is 14.4 Å². The van der Waals surface area contributed by atoms with E-state index < -0.39 is 0 Å². The fourth-order valence-electron chi connectivity index (χ4n) is 4.28. The number of carbonyl (C=O) groups excluding carboxylic acids is 1. The molecule has 2 fully saturated rings. The average Bonchev–Trinajstić information content (AvgIpc) is 2.67. The molecule has 26 heavy (non-hydrogen) atoms. The van der Waals surface area contributed by atoms with Crippen LogP contribution < -0.4 is 4.90 Å². The summed E-state index contributed by atoms with van der Waals surface area (Å²) in [7, 11) is 0. The maximum atomic E-state index is 14.3. The molecule has 0 aliphatic carbocycles. The minimum atomic E-state index is -0.293. The molecule has 1 aromatic heterocycles. The summed E-state index contributed by atoms with van der Waals surface area (Å²) in [5.41, 5.74) is 0.621. The topological polar surface area (TPSA) is 49.3 Å². The summed E-state index contributed by atoms with van der Waals surface area (Å²) in [6.07, 6.45) is 5.41. The quantitative estimate of drug-likeness (QED) is 0.829. The van der Waals surface area contributed by atoms with Crippen molar-refractivity contribution in [2.75, 3.05) is 31.1 Å². The molecule has 6 heteroatoms. The van der Waals surface area contributed by atoms with Gasteiger partial charge in [-0.2, -0.15) is 0 Å². The lowest BCUT2D eigenvalue weighted by atomic mass is 9.92. The van der Waals surface area contributed by atoms with Crippen molar-refractivity contribution in [3.63, 3.8) is 0 Å². The van der Waals surface area contributed by atoms with Crippen LogP contribution in [-0.2, 0) is 4.79 Å². The Labute approximate surface area is 153 Å². The molecule has 5 nitrogen and oxygen atoms in total. The molecule has 1 amide bonds. The number of halogens is 1. The van der Waals surface area contributed by atoms with E-state index in [2.05, 4.69) is 21.8 Å². The first-order valence-corrected chi connectivity index (χ1v) is 9.56. The molecule has 1 aromatic carbocycles. The monoisotopic (exact) mass is 356 g/mol. The first kappa shape index (κ1) is 17.2. The third kappa shape index (κ3) is 3.24. The van der Waals surface area contributed by atoms with Crippen LogP contribution in [0.15, 0.2) is 24.5 Å². The molecule has 138 valence electrons. The van der Waals surface area contributed by atoms with Gasteiger partial charge in [0, 0.05) is 32.1 Å². The number of aromatic nitrogens is 2. The van der Waals surface area contributed by atoms with E-state index >= 15 is 0 Å². The summed E-state index contributed by atoms with van der Waals surface area (Å²) < 4.78 is 14.3. The molecule has 2 aliphatic heterocycles. The van der Waals surface area contributed by atoms with Crippen LogP contribution in [0.25, 0.3) is 10.9 Å². The highest BCUT2D eigenvalue weighted by atomic mass is 19.1. The average molecular weight is 356 g/mol. The van der Waals surface area contributed by atoms with E-state index in [1.54, 1.807) is 12.1 Å². The van der Waals surface area contributed by atoms with Crippen LogP contribution in [-0.4, -0.2) is 47.0 Å². The van der Waals surface area contributed by atoms with Gasteiger partial charge in [0.1, 0.15) is 18.0 Å². The van der Waals surface area contributed by atoms with Crippen molar-refractivity contribution in [2.45, 2.75) is 32.6 Å². The molecule has 2 aromatic rings. The molecule has 1 atom stereocenters. The highest BCUT2D eigenvalue weighted by Gasteiger charge is 2.31. The predicted octanol–water partition coefficient (Wildman–Crippen LogP) is 3.24. The van der Waals surface area contributed by atoms with Crippen LogP contribution in [0.2, 0.25) is 0 Å². The van der Waals surface area contributed by atoms with E-state index in [-0.39, 0.29) is 11.7 Å². The molecular formula is C20H25FN4O. The summed E-state index contributed by atoms with van der Waals surface area (Å²) >= 11 is 0. The van der Waals surface area contributed by atoms with Gasteiger partial charge in [-0.15, -0.1) is 0 Å². The molecular weight excluding hydrogens is 331 g/mol. The lowest BCUT2D eigenvalue weighted by Gasteiger charge is -2.37. The maximum Gasteiger partial charge on any atom is 0.225 e. The minimum Gasteiger partial charge on any atom is -0.356 e. The minimum absolute atomic E-state index is 0.0782. The number of rotatable bonds is 2. The first-order chi connectivity index (χ1) is 12.6. The zero-order valence-electron chi connectivity index (χ0n) is 15.2. The van der Waals surface area contributed by atoms with Crippen LogP contribution in [0.3, 0.4) is 0 Å². The molecule has 0 radical (unpaired) electrons. The SMILES string of the molecule is CC1CCCN(C(=O)C2CCN(c3ncnc4cccc(F)c34)CC2)C1. The van der Waals surface area contributed by atoms with Gasteiger partial charge in [-0.3, -0.25) is 4.79 Å². The highest BCUT2D eigenvalue weighted by molar-refractivity contribution is 5.90. The van der Waals surface area contributed by atoms with E-state index in [1.807, 2.05) is 4.90 Å². The molecule has 0 N–H and O–H groups in total. The summed E-state index contributed by atoms with van der Waals surface area (Å²) in [5.74, 6) is 1.33. The van der Waals surface area contributed by atoms with Gasteiger partial charge in [0.2, 0.25) is 5.91 Å². The number of piperidine rings is 2. The van der Waals surface area contributed by atoms with Crippen molar-refractivity contribution in [1.82, 2.24) is 14.9 Å². The standard InChI is InChI=1S/C20H25FN4O/c1-14-4-3-9-25(12-14)20(26)15-7-10-24(11-8-15)19-18-16(21)5-2-6-17(18)22-13-23-19/h2,5-6,13-15H,3-4,7-12H2,1H3. The number of nitrogens with zero attached hydrogens (tertiary/aromatic N) is 4. The molecule has 0 spiro atoms. The second-order valence-electron chi connectivity index (χ2n) is 7.62. The van der Waals surface area contributed by atoms with Crippen molar-refractivity contribution >= 4 is 22.6 Å². The van der Waals surface area contributed by atoms with Gasteiger partial charge in [-0.1, -0.05) is 13.0 Å². The second kappa shape index (κ2) is 7.17. The van der Waals surface area contributed by atoms with Crippen LogP contribution in [0.4, 0.5) is 10.2 Å². The van der Waals surface area contributed by atoms with Crippen LogP contribution >= 0.6 is 0 Å². The third-order valence-corrected chi connectivity index (χ3v) is 5.70. The van der Waals surface area contributed by atoms with Gasteiger partial charge in [0.15, 0.2) is 0 Å². The molecule has 3 heterocycles. The van der Waals surface area contributed by atoms with Gasteiger partial charge in [0.25, 0.3) is 0 Å². The van der Waals surface area contributed by atoms with E-state index in [9.17, 15) is 9.18 Å². The number of amides is 1. The Balaban J connectivity index is 1.47. The van der Waals surface area contributed by atoms with Crippen LogP contribution in [0.5, 0.6) is 0 Å². The second-order valence-corrected chi connectivity index (χ2v) is 7.62. The van der Waals surface area contributed by atoms with E-state index in [0.717, 1.165) is 45.4 Å². The van der Waals surface area contributed by atoms with E-state index in [4.69, 9.17) is 0 Å². The Morgan fingerprint density at radius 1 is 1.15 bits per heavy atom. The Hall–Kier alpha value is -2.24. The molecule has 2 saturated heterocycles. The maximum absolute atomic E-state index is 14.3. The lowest BCUT2D eigenvalue weighted by Crippen LogP contribution is -2.46. The number of likely N-dealkylation sites (tertiary alicyclic amines) is 1. The number of fused-ring (bicyclic) bond motifs is 1. The zero-order chi connectivity index (χ0) is 18.1. The highest BCUT2D eigenvalue weighted by Crippen LogP contribution is 2.30. The number of carbonyl (C=O) groups is 1. The van der Waals surface area contributed by atoms with Crippen molar-refractivity contribution in [3.05, 3.63) is 30.3 Å². The summed E-state index contributed by atoms with van der Waals surface area (Å²) in [4.78, 5) is 25.5. The van der Waals surface area contributed by atoms with E-state index in [0.29, 0.717) is 28.5 Å². The fourth-order valence-corrected chi connectivity index (χ4v) is 4.28. The molecule has 0 saturated carbocycles. The van der Waals surface area contributed by atoms with Gasteiger partial charge in [0.05, 0.1) is 10.9 Å². The third-order valence-electron chi connectivity index (χ3n) is 5.70. The number of hydrogen-bond acceptors (Lipinski definition) is 4. The smallest absolute Gasteiger partial charge is 0.225 e. The number of benzene rings is 1. The number of hydrogen-bond donors (Lipinski definition) is 0. The van der Waals surface area contributed by atoms with Gasteiger partial charge < -0.3 is 9.80 Å². The summed E-state index contributed by atoms with van der Waals surface area (Å²) in [6.45, 7) is 5.45. The van der Waals surface area contributed by atoms with Crippen molar-refractivity contribution < 1.29 is 9.18 Å². The van der Waals surface area contributed by atoms with Crippen LogP contribution in [0, 0.1) is 17.7 Å². The van der Waals surface area contributed by atoms with Crippen molar-refractivity contribution in [2.24, 2.45) is 11.8 Å². The molecule has 4 rings (SSSR count). The Bertz CT molecular complexity index is 798. The number of anilines is 1. The Morgan fingerprint density at radius 3 is 2.73 bits per heavy atom. The van der Waals surface area contributed by atoms with Gasteiger partial charge >= 0.3 is 0 Å². The Morgan fingerprint density at radius 2 is 1.96 bits per heavy atom. The zero-order valence-corrected chi connectivity index (χ0v) is 15.2. The van der Waals surface area contributed by atoms with Gasteiger partial charge in [-0.05, 0) is 43.7 Å². The molecule has 1 unspecified atom stereocenters. The lowest BCUT2D eigenvalue weighted by molar-refractivity contribution is -0.137. The van der Waals surface area contributed by atoms with Crippen molar-refractivity contribution in [1.29, 1.82) is 0 Å². The largest absolute Gasteiger partial charge is 0.356 e. The summed E-state index contributed by atoms with van der Waals surface area (Å²) in [5, 5.41) is 0.477. The summed E-state index contributed by atoms with van der Waals surface area (Å²) in [6, 6.07) is 4.92. The normalized spacial score (nSPS) is 22.0.